The van der Waals surface area contributed by atoms with Crippen molar-refractivity contribution >= 4 is 39.6 Å². The Hall–Kier alpha value is -0.910. The molecule has 0 saturated carbocycles. The number of fused-ring (bicyclic) bond motifs is 1. The van der Waals surface area contributed by atoms with Gasteiger partial charge in [0, 0.05) is 5.75 Å². The van der Waals surface area contributed by atoms with Crippen LogP contribution in [0.25, 0.3) is 10.2 Å². The van der Waals surface area contributed by atoms with Gasteiger partial charge in [-0.2, -0.15) is 0 Å². The molecule has 1 unspecified atom stereocenters. The molecule has 1 aliphatic heterocycles. The molecule has 0 aliphatic carbocycles. The second-order valence-corrected chi connectivity index (χ2v) is 7.36. The molecule has 3 rings (SSSR count). The number of carbonyl (C=O) groups excluding carboxylic acids is 1. The molecule has 5 heteroatoms. The average Bonchev–Trinajstić information content (AvgIpc) is 2.92. The van der Waals surface area contributed by atoms with Gasteiger partial charge in [0.1, 0.15) is 6.29 Å². The zero-order valence-electron chi connectivity index (χ0n) is 11.3. The Bertz CT molecular complexity index is 545. The third kappa shape index (κ3) is 3.22. The summed E-state index contributed by atoms with van der Waals surface area (Å²) in [6, 6.07) is 8.22. The maximum Gasteiger partial charge on any atom is 0.151 e. The third-order valence-electron chi connectivity index (χ3n) is 3.67. The van der Waals surface area contributed by atoms with Crippen LogP contribution in [0.15, 0.2) is 28.6 Å². The van der Waals surface area contributed by atoms with E-state index < -0.39 is 0 Å². The fourth-order valence-corrected chi connectivity index (χ4v) is 4.72. The van der Waals surface area contributed by atoms with E-state index >= 15 is 0 Å². The van der Waals surface area contributed by atoms with Crippen molar-refractivity contribution in [3.63, 3.8) is 0 Å². The highest BCUT2D eigenvalue weighted by atomic mass is 32.2. The number of benzene rings is 1. The lowest BCUT2D eigenvalue weighted by Crippen LogP contribution is -2.41. The van der Waals surface area contributed by atoms with Gasteiger partial charge >= 0.3 is 0 Å². The number of aldehydes is 1. The molecule has 2 heterocycles. The van der Waals surface area contributed by atoms with E-state index in [4.69, 9.17) is 0 Å². The van der Waals surface area contributed by atoms with Crippen LogP contribution in [-0.4, -0.2) is 41.1 Å². The summed E-state index contributed by atoms with van der Waals surface area (Å²) in [4.78, 5) is 18.3. The minimum atomic E-state index is 0.0345. The molecule has 1 aromatic heterocycles. The molecule has 0 bridgehead atoms. The molecule has 3 nitrogen and oxygen atoms in total. The van der Waals surface area contributed by atoms with E-state index in [-0.39, 0.29) is 6.04 Å². The summed E-state index contributed by atoms with van der Waals surface area (Å²) in [5.74, 6) is 0.809. The second-order valence-electron chi connectivity index (χ2n) is 5.06. The van der Waals surface area contributed by atoms with E-state index in [2.05, 4.69) is 16.0 Å². The van der Waals surface area contributed by atoms with Gasteiger partial charge in [0.2, 0.25) is 0 Å². The van der Waals surface area contributed by atoms with Crippen LogP contribution in [0.1, 0.15) is 19.3 Å². The Morgan fingerprint density at radius 3 is 2.85 bits per heavy atom. The molecule has 1 fully saturated rings. The van der Waals surface area contributed by atoms with E-state index in [1.165, 1.54) is 24.0 Å². The van der Waals surface area contributed by atoms with E-state index in [1.807, 2.05) is 18.2 Å². The van der Waals surface area contributed by atoms with Gasteiger partial charge in [-0.25, -0.2) is 4.98 Å². The van der Waals surface area contributed by atoms with Gasteiger partial charge in [-0.05, 0) is 38.1 Å². The van der Waals surface area contributed by atoms with Crippen molar-refractivity contribution in [2.75, 3.05) is 18.8 Å². The Morgan fingerprint density at radius 2 is 2.10 bits per heavy atom. The maximum absolute atomic E-state index is 11.3. The van der Waals surface area contributed by atoms with Crippen LogP contribution in [0.3, 0.4) is 0 Å². The first kappa shape index (κ1) is 14.0. The lowest BCUT2D eigenvalue weighted by Gasteiger charge is -2.30. The van der Waals surface area contributed by atoms with E-state index in [0.29, 0.717) is 0 Å². The molecule has 1 atom stereocenters. The number of piperidine rings is 1. The molecule has 1 aromatic carbocycles. The molecule has 1 saturated heterocycles. The van der Waals surface area contributed by atoms with Crippen molar-refractivity contribution in [1.82, 2.24) is 9.88 Å². The maximum atomic E-state index is 11.3. The Balaban J connectivity index is 1.63. The number of nitrogens with zero attached hydrogens (tertiary/aromatic N) is 2. The molecular weight excluding hydrogens is 288 g/mol. The zero-order chi connectivity index (χ0) is 13.8. The van der Waals surface area contributed by atoms with Crippen LogP contribution in [-0.2, 0) is 4.79 Å². The molecule has 1 aliphatic rings. The van der Waals surface area contributed by atoms with Crippen molar-refractivity contribution in [3.05, 3.63) is 24.3 Å². The van der Waals surface area contributed by atoms with Crippen LogP contribution in [0.4, 0.5) is 0 Å². The number of hydrogen-bond donors (Lipinski definition) is 0. The van der Waals surface area contributed by atoms with Gasteiger partial charge in [-0.1, -0.05) is 30.3 Å². The van der Waals surface area contributed by atoms with Crippen LogP contribution in [0.2, 0.25) is 0 Å². The SMILES string of the molecule is O=CC(CSc1nc2ccccc2s1)N1CCCCC1. The van der Waals surface area contributed by atoms with Gasteiger partial charge in [-0.15, -0.1) is 11.3 Å². The first-order valence-electron chi connectivity index (χ1n) is 7.04. The van der Waals surface area contributed by atoms with E-state index in [0.717, 1.165) is 35.0 Å². The molecule has 2 aromatic rings. The number of aromatic nitrogens is 1. The summed E-state index contributed by atoms with van der Waals surface area (Å²) in [5, 5.41) is 0. The van der Waals surface area contributed by atoms with Crippen LogP contribution in [0.5, 0.6) is 0 Å². The number of para-hydroxylation sites is 1. The molecule has 106 valence electrons. The van der Waals surface area contributed by atoms with Gasteiger partial charge < -0.3 is 4.79 Å². The fourth-order valence-electron chi connectivity index (χ4n) is 2.55. The van der Waals surface area contributed by atoms with Crippen LogP contribution in [0, 0.1) is 0 Å². The van der Waals surface area contributed by atoms with Crippen LogP contribution >= 0.6 is 23.1 Å². The van der Waals surface area contributed by atoms with Crippen molar-refractivity contribution in [2.45, 2.75) is 29.6 Å². The minimum absolute atomic E-state index is 0.0345. The second kappa shape index (κ2) is 6.70. The monoisotopic (exact) mass is 306 g/mol. The predicted octanol–water partition coefficient (Wildman–Crippen LogP) is 3.44. The summed E-state index contributed by atoms with van der Waals surface area (Å²) < 4.78 is 2.28. The zero-order valence-corrected chi connectivity index (χ0v) is 13.0. The summed E-state index contributed by atoms with van der Waals surface area (Å²) in [6.07, 6.45) is 4.84. The number of likely N-dealkylation sites (tertiary alicyclic amines) is 1. The molecule has 0 amide bonds. The largest absolute Gasteiger partial charge is 0.302 e. The summed E-state index contributed by atoms with van der Waals surface area (Å²) in [6.45, 7) is 2.12. The summed E-state index contributed by atoms with van der Waals surface area (Å²) >= 11 is 3.42. The first-order chi connectivity index (χ1) is 9.86. The van der Waals surface area contributed by atoms with E-state index in [1.54, 1.807) is 23.1 Å². The number of rotatable bonds is 5. The number of carbonyl (C=O) groups is 1. The van der Waals surface area contributed by atoms with Crippen molar-refractivity contribution in [2.24, 2.45) is 0 Å². The average molecular weight is 306 g/mol. The van der Waals surface area contributed by atoms with Gasteiger partial charge in [-0.3, -0.25) is 4.90 Å². The van der Waals surface area contributed by atoms with Gasteiger partial charge in [0.25, 0.3) is 0 Å². The van der Waals surface area contributed by atoms with Gasteiger partial charge in [0.15, 0.2) is 4.34 Å². The molecule has 0 radical (unpaired) electrons. The van der Waals surface area contributed by atoms with Crippen molar-refractivity contribution < 1.29 is 4.79 Å². The molecule has 20 heavy (non-hydrogen) atoms. The highest BCUT2D eigenvalue weighted by molar-refractivity contribution is 8.01. The Morgan fingerprint density at radius 1 is 1.30 bits per heavy atom. The van der Waals surface area contributed by atoms with Gasteiger partial charge in [0.05, 0.1) is 16.3 Å². The predicted molar refractivity (Wildman–Crippen MR) is 85.6 cm³/mol. The highest BCUT2D eigenvalue weighted by Crippen LogP contribution is 2.30. The molecular formula is C15H18N2OS2. The minimum Gasteiger partial charge on any atom is -0.302 e. The van der Waals surface area contributed by atoms with Crippen LogP contribution < -0.4 is 0 Å². The Labute approximate surface area is 127 Å². The summed E-state index contributed by atoms with van der Waals surface area (Å²) in [7, 11) is 0. The third-order valence-corrected chi connectivity index (χ3v) is 5.95. The lowest BCUT2D eigenvalue weighted by atomic mass is 10.1. The van der Waals surface area contributed by atoms with Crippen molar-refractivity contribution in [3.8, 4) is 0 Å². The first-order valence-corrected chi connectivity index (χ1v) is 8.85. The normalized spacial score (nSPS) is 18.2. The molecule has 0 spiro atoms. The lowest BCUT2D eigenvalue weighted by molar-refractivity contribution is -0.112. The summed E-state index contributed by atoms with van der Waals surface area (Å²) in [5.41, 5.74) is 1.06. The Kier molecular flexibility index (Phi) is 4.70. The van der Waals surface area contributed by atoms with Crippen molar-refractivity contribution in [1.29, 1.82) is 0 Å². The fraction of sp³-hybridized carbons (Fsp3) is 0.467. The number of thiazole rings is 1. The standard InChI is InChI=1S/C15H18N2OS2/c18-10-12(17-8-4-1-5-9-17)11-19-15-16-13-6-2-3-7-14(13)20-15/h2-3,6-7,10,12H,1,4-5,8-9,11H2. The molecule has 0 N–H and O–H groups in total. The van der Waals surface area contributed by atoms with E-state index in [9.17, 15) is 4.79 Å². The smallest absolute Gasteiger partial charge is 0.151 e. The number of hydrogen-bond acceptors (Lipinski definition) is 5. The number of thioether (sulfide) groups is 1. The quantitative estimate of drug-likeness (QED) is 0.626. The highest BCUT2D eigenvalue weighted by Gasteiger charge is 2.20. The topological polar surface area (TPSA) is 33.2 Å².